The van der Waals surface area contributed by atoms with Crippen LogP contribution < -0.4 is 0 Å². The minimum absolute atomic E-state index is 0.167. The van der Waals surface area contributed by atoms with Gasteiger partial charge < -0.3 is 9.47 Å². The van der Waals surface area contributed by atoms with Gasteiger partial charge in [-0.3, -0.25) is 18.1 Å². The molecule has 0 bridgehead atoms. The first-order valence-electron chi connectivity index (χ1n) is 12.6. The molecule has 0 aromatic heterocycles. The van der Waals surface area contributed by atoms with Crippen molar-refractivity contribution in [2.24, 2.45) is 0 Å². The highest BCUT2D eigenvalue weighted by atomic mass is 31.2. The zero-order valence-electron chi connectivity index (χ0n) is 25.5. The molecule has 0 aliphatic rings. The molecule has 1 aromatic carbocycles. The summed E-state index contributed by atoms with van der Waals surface area (Å²) in [5, 5.41) is 0. The summed E-state index contributed by atoms with van der Waals surface area (Å²) in [4.78, 5) is 25.6. The molecule has 0 saturated carbocycles. The van der Waals surface area contributed by atoms with E-state index in [4.69, 9.17) is 36.6 Å². The van der Waals surface area contributed by atoms with E-state index >= 15 is 0 Å². The Morgan fingerprint density at radius 3 is 1.02 bits per heavy atom. The molecule has 14 heteroatoms. The normalized spacial score (nSPS) is 13.7. The third-order valence-corrected chi connectivity index (χ3v) is 7.64. The molecule has 0 unspecified atom stereocenters. The second kappa shape index (κ2) is 13.6. The van der Waals surface area contributed by atoms with Crippen LogP contribution in [0, 0.1) is 0 Å². The number of ether oxygens (including phenoxy) is 2. The summed E-state index contributed by atoms with van der Waals surface area (Å²) in [6.45, 7) is 18.4. The molecule has 0 fully saturated rings. The number of carbonyl (C=O) groups is 2. The quantitative estimate of drug-likeness (QED) is 0.132. The topological polar surface area (TPSA) is 142 Å². The van der Waals surface area contributed by atoms with Gasteiger partial charge in [0.05, 0.1) is 33.5 Å². The highest BCUT2D eigenvalue weighted by molar-refractivity contribution is 7.48. The molecule has 0 heterocycles. The number of benzene rings is 1. The highest BCUT2D eigenvalue weighted by Gasteiger charge is 2.39. The van der Waals surface area contributed by atoms with E-state index in [0.717, 1.165) is 0 Å². The number of rotatable bonds is 12. The summed E-state index contributed by atoms with van der Waals surface area (Å²) in [5.74, 6) is -1.94. The van der Waals surface area contributed by atoms with E-state index < -0.39 is 63.6 Å². The third-order valence-electron chi connectivity index (χ3n) is 3.71. The summed E-state index contributed by atoms with van der Waals surface area (Å²) in [6.07, 6.45) is 0. The lowest BCUT2D eigenvalue weighted by Gasteiger charge is -2.30. The van der Waals surface area contributed by atoms with E-state index in [2.05, 4.69) is 0 Å². The SMILES string of the molecule is CC(C)(C)OP(=O)(OCOC(=O)c1ccccc1C(=O)OCOP(=O)(OC(C)(C)C)OC(C)(C)C)OC(C)(C)C. The molecular weight excluding hydrogens is 566 g/mol. The number of phosphoric ester groups is 2. The molecule has 40 heavy (non-hydrogen) atoms. The van der Waals surface area contributed by atoms with Crippen LogP contribution in [0.1, 0.15) is 104 Å². The van der Waals surface area contributed by atoms with Crippen LogP contribution in [0.5, 0.6) is 0 Å². The number of esters is 2. The molecule has 230 valence electrons. The van der Waals surface area contributed by atoms with Gasteiger partial charge in [0.1, 0.15) is 0 Å². The fraction of sp³-hybridized carbons (Fsp3) is 0.692. The molecule has 1 rings (SSSR count). The predicted octanol–water partition coefficient (Wildman–Crippen LogP) is 7.43. The largest absolute Gasteiger partial charge is 0.478 e. The van der Waals surface area contributed by atoms with E-state index in [0.29, 0.717) is 0 Å². The smallest absolute Gasteiger partial charge is 0.434 e. The maximum atomic E-state index is 13.1. The van der Waals surface area contributed by atoms with Crippen molar-refractivity contribution in [3.63, 3.8) is 0 Å². The van der Waals surface area contributed by atoms with E-state index in [-0.39, 0.29) is 11.1 Å². The van der Waals surface area contributed by atoms with Crippen molar-refractivity contribution in [2.75, 3.05) is 13.6 Å². The van der Waals surface area contributed by atoms with E-state index in [1.54, 1.807) is 83.1 Å². The molecule has 0 N–H and O–H groups in total. The molecular formula is C26H44O12P2. The molecule has 12 nitrogen and oxygen atoms in total. The van der Waals surface area contributed by atoms with Crippen LogP contribution in [-0.2, 0) is 45.7 Å². The zero-order chi connectivity index (χ0) is 31.2. The summed E-state index contributed by atoms with van der Waals surface area (Å²) < 4.78 is 68.8. The van der Waals surface area contributed by atoms with Crippen LogP contribution in [0.2, 0.25) is 0 Å². The van der Waals surface area contributed by atoms with Gasteiger partial charge in [0.2, 0.25) is 13.6 Å². The van der Waals surface area contributed by atoms with Gasteiger partial charge in [-0.25, -0.2) is 27.8 Å². The van der Waals surface area contributed by atoms with Gasteiger partial charge in [0, 0.05) is 0 Å². The van der Waals surface area contributed by atoms with Gasteiger partial charge in [-0.15, -0.1) is 0 Å². The van der Waals surface area contributed by atoms with Gasteiger partial charge in [0.25, 0.3) is 0 Å². The molecule has 0 aliphatic heterocycles. The lowest BCUT2D eigenvalue weighted by molar-refractivity contribution is -0.0389. The van der Waals surface area contributed by atoms with Crippen LogP contribution in [0.3, 0.4) is 0 Å². The summed E-state index contributed by atoms with van der Waals surface area (Å²) in [5.41, 5.74) is -3.88. The van der Waals surface area contributed by atoms with Crippen molar-refractivity contribution in [3.05, 3.63) is 35.4 Å². The van der Waals surface area contributed by atoms with Crippen LogP contribution in [0.15, 0.2) is 24.3 Å². The highest BCUT2D eigenvalue weighted by Crippen LogP contribution is 2.56. The summed E-state index contributed by atoms with van der Waals surface area (Å²) in [6, 6.07) is 5.66. The lowest BCUT2D eigenvalue weighted by atomic mass is 10.1. The van der Waals surface area contributed by atoms with E-state index in [1.807, 2.05) is 0 Å². The Kier molecular flexibility index (Phi) is 12.4. The Labute approximate surface area is 237 Å². The Bertz CT molecular complexity index is 977. The van der Waals surface area contributed by atoms with Crippen molar-refractivity contribution in [1.29, 1.82) is 0 Å². The van der Waals surface area contributed by atoms with Gasteiger partial charge >= 0.3 is 27.6 Å². The Morgan fingerprint density at radius 2 is 0.800 bits per heavy atom. The van der Waals surface area contributed by atoms with Gasteiger partial charge in [-0.05, 0) is 95.2 Å². The van der Waals surface area contributed by atoms with Crippen molar-refractivity contribution in [2.45, 2.75) is 105 Å². The van der Waals surface area contributed by atoms with Crippen molar-refractivity contribution in [1.82, 2.24) is 0 Å². The van der Waals surface area contributed by atoms with Gasteiger partial charge in [0.15, 0.2) is 0 Å². The lowest BCUT2D eigenvalue weighted by Crippen LogP contribution is -2.25. The second-order valence-corrected chi connectivity index (χ2v) is 15.6. The molecule has 0 amide bonds. The van der Waals surface area contributed by atoms with Gasteiger partial charge in [-0.2, -0.15) is 0 Å². The molecule has 0 saturated heterocycles. The standard InChI is InChI=1S/C26H44O12P2/c1-23(2,3)35-39(29,36-24(4,5)6)33-17-31-21(27)19-15-13-14-16-20(19)22(28)32-18-34-40(30,37-25(7,8)9)38-26(10,11)12/h13-16H,17-18H2,1-12H3. The van der Waals surface area contributed by atoms with Crippen LogP contribution in [0.4, 0.5) is 0 Å². The second-order valence-electron chi connectivity index (χ2n) is 12.6. The number of phosphoric acid groups is 2. The monoisotopic (exact) mass is 610 g/mol. The molecule has 0 atom stereocenters. The first-order valence-corrected chi connectivity index (χ1v) is 15.5. The zero-order valence-corrected chi connectivity index (χ0v) is 27.3. The maximum absolute atomic E-state index is 13.1. The average Bonchev–Trinajstić information content (AvgIpc) is 2.67. The Balaban J connectivity index is 2.93. The first-order chi connectivity index (χ1) is 17.8. The molecule has 0 radical (unpaired) electrons. The summed E-state index contributed by atoms with van der Waals surface area (Å²) in [7, 11) is -8.28. The van der Waals surface area contributed by atoms with Crippen molar-refractivity contribution >= 4 is 27.6 Å². The molecule has 1 aromatic rings. The number of hydrogen-bond donors (Lipinski definition) is 0. The van der Waals surface area contributed by atoms with Crippen LogP contribution in [-0.4, -0.2) is 47.9 Å². The van der Waals surface area contributed by atoms with E-state index in [9.17, 15) is 18.7 Å². The van der Waals surface area contributed by atoms with Gasteiger partial charge in [-0.1, -0.05) is 12.1 Å². The average molecular weight is 611 g/mol. The maximum Gasteiger partial charge on any atom is 0.478 e. The number of hydrogen-bond acceptors (Lipinski definition) is 12. The molecule has 0 spiro atoms. The van der Waals surface area contributed by atoms with E-state index in [1.165, 1.54) is 24.3 Å². The predicted molar refractivity (Wildman–Crippen MR) is 148 cm³/mol. The molecule has 0 aliphatic carbocycles. The Hall–Kier alpha value is -1.62. The fourth-order valence-corrected chi connectivity index (χ4v) is 6.10. The minimum atomic E-state index is -4.14. The van der Waals surface area contributed by atoms with Crippen LogP contribution in [0.25, 0.3) is 0 Å². The summed E-state index contributed by atoms with van der Waals surface area (Å²) >= 11 is 0. The van der Waals surface area contributed by atoms with Crippen molar-refractivity contribution < 1.29 is 55.3 Å². The third kappa shape index (κ3) is 14.8. The minimum Gasteiger partial charge on any atom is -0.434 e. The van der Waals surface area contributed by atoms with Crippen LogP contribution >= 0.6 is 15.6 Å². The number of carbonyl (C=O) groups excluding carboxylic acids is 2. The Morgan fingerprint density at radius 1 is 0.550 bits per heavy atom. The fourth-order valence-electron chi connectivity index (χ4n) is 2.77. The van der Waals surface area contributed by atoms with Crippen molar-refractivity contribution in [3.8, 4) is 0 Å². The first kappa shape index (κ1) is 36.4.